The van der Waals surface area contributed by atoms with Gasteiger partial charge in [-0.15, -0.1) is 0 Å². The summed E-state index contributed by atoms with van der Waals surface area (Å²) in [6, 6.07) is 10.3. The van der Waals surface area contributed by atoms with E-state index in [4.69, 9.17) is 14.2 Å². The summed E-state index contributed by atoms with van der Waals surface area (Å²) in [5.74, 6) is -0.183. The Morgan fingerprint density at radius 2 is 1.82 bits per heavy atom. The van der Waals surface area contributed by atoms with Crippen molar-refractivity contribution in [2.45, 2.75) is 46.4 Å². The fraction of sp³-hybridized carbons (Fsp3) is 0.360. The fourth-order valence-electron chi connectivity index (χ4n) is 3.55. The molecular weight excluding hydrogens is 427 g/mol. The van der Waals surface area contributed by atoms with Gasteiger partial charge >= 0.3 is 12.0 Å². The van der Waals surface area contributed by atoms with E-state index in [1.165, 1.54) is 13.2 Å². The molecule has 2 aromatic rings. The van der Waals surface area contributed by atoms with E-state index in [9.17, 15) is 14.0 Å². The molecule has 0 fully saturated rings. The van der Waals surface area contributed by atoms with Crippen molar-refractivity contribution in [3.05, 3.63) is 70.7 Å². The first-order valence-electron chi connectivity index (χ1n) is 10.8. The van der Waals surface area contributed by atoms with Crippen molar-refractivity contribution in [2.24, 2.45) is 5.92 Å². The van der Waals surface area contributed by atoms with Crippen LogP contribution in [0.3, 0.4) is 0 Å². The standard InChI is InChI=1S/C25H29FN2O5/c1-14(2)22-21(24(29)33-15(3)4)23(28-25(30)27-22)16-10-11-19(20(12-16)31-5)32-13-17-8-6-7-9-18(17)26/h6-12,14-15,23H,13H2,1-5H3,(H2,27,28,30). The molecule has 0 aromatic heterocycles. The summed E-state index contributed by atoms with van der Waals surface area (Å²) in [5.41, 5.74) is 1.87. The normalized spacial score (nSPS) is 15.9. The zero-order chi connectivity index (χ0) is 24.1. The van der Waals surface area contributed by atoms with Crippen molar-refractivity contribution >= 4 is 12.0 Å². The Balaban J connectivity index is 1.95. The number of hydrogen-bond donors (Lipinski definition) is 2. The lowest BCUT2D eigenvalue weighted by Crippen LogP contribution is -2.47. The maximum atomic E-state index is 13.9. The molecule has 1 heterocycles. The third-order valence-electron chi connectivity index (χ3n) is 5.10. The van der Waals surface area contributed by atoms with Gasteiger partial charge in [-0.25, -0.2) is 14.0 Å². The summed E-state index contributed by atoms with van der Waals surface area (Å²) in [6.45, 7) is 7.34. The van der Waals surface area contributed by atoms with Crippen LogP contribution in [-0.2, 0) is 16.1 Å². The Morgan fingerprint density at radius 3 is 2.45 bits per heavy atom. The predicted molar refractivity (Wildman–Crippen MR) is 121 cm³/mol. The van der Waals surface area contributed by atoms with E-state index in [1.54, 1.807) is 50.2 Å². The van der Waals surface area contributed by atoms with Crippen LogP contribution in [0.2, 0.25) is 0 Å². The van der Waals surface area contributed by atoms with Crippen LogP contribution in [0.1, 0.15) is 44.9 Å². The largest absolute Gasteiger partial charge is 0.493 e. The van der Waals surface area contributed by atoms with Crippen LogP contribution in [0.5, 0.6) is 11.5 Å². The zero-order valence-corrected chi connectivity index (χ0v) is 19.4. The molecule has 1 aliphatic heterocycles. The van der Waals surface area contributed by atoms with Crippen molar-refractivity contribution in [2.75, 3.05) is 7.11 Å². The molecule has 1 atom stereocenters. The molecule has 2 amide bonds. The Labute approximate surface area is 192 Å². The van der Waals surface area contributed by atoms with Crippen LogP contribution in [0.25, 0.3) is 0 Å². The Hall–Kier alpha value is -3.55. The van der Waals surface area contributed by atoms with Gasteiger partial charge in [-0.2, -0.15) is 0 Å². The number of rotatable bonds is 8. The predicted octanol–water partition coefficient (Wildman–Crippen LogP) is 4.63. The second kappa shape index (κ2) is 10.4. The lowest BCUT2D eigenvalue weighted by molar-refractivity contribution is -0.143. The molecule has 0 aliphatic carbocycles. The van der Waals surface area contributed by atoms with Crippen LogP contribution in [0, 0.1) is 11.7 Å². The van der Waals surface area contributed by atoms with Crippen molar-refractivity contribution in [3.8, 4) is 11.5 Å². The van der Waals surface area contributed by atoms with Crippen LogP contribution >= 0.6 is 0 Å². The number of urea groups is 1. The molecule has 2 aromatic carbocycles. The number of benzene rings is 2. The lowest BCUT2D eigenvalue weighted by Gasteiger charge is -2.31. The number of amides is 2. The van der Waals surface area contributed by atoms with E-state index >= 15 is 0 Å². The third-order valence-corrected chi connectivity index (χ3v) is 5.10. The third kappa shape index (κ3) is 5.63. The molecule has 0 saturated heterocycles. The first-order chi connectivity index (χ1) is 15.7. The first kappa shape index (κ1) is 24.1. The topological polar surface area (TPSA) is 85.9 Å². The molecule has 8 heteroatoms. The Bertz CT molecular complexity index is 1060. The molecular formula is C25H29FN2O5. The molecule has 3 rings (SSSR count). The number of esters is 1. The Kier molecular flexibility index (Phi) is 7.58. The van der Waals surface area contributed by atoms with Gasteiger partial charge in [-0.3, -0.25) is 0 Å². The first-order valence-corrected chi connectivity index (χ1v) is 10.8. The molecule has 0 bridgehead atoms. The van der Waals surface area contributed by atoms with E-state index in [-0.39, 0.29) is 24.4 Å². The number of hydrogen-bond acceptors (Lipinski definition) is 5. The number of carbonyl (C=O) groups is 2. The summed E-state index contributed by atoms with van der Waals surface area (Å²) in [5, 5.41) is 5.54. The number of allylic oxidation sites excluding steroid dienone is 1. The second-order valence-electron chi connectivity index (χ2n) is 8.26. The highest BCUT2D eigenvalue weighted by atomic mass is 19.1. The van der Waals surface area contributed by atoms with Crippen molar-refractivity contribution in [1.29, 1.82) is 0 Å². The van der Waals surface area contributed by atoms with Gasteiger partial charge in [0.25, 0.3) is 0 Å². The van der Waals surface area contributed by atoms with Gasteiger partial charge in [-0.05, 0) is 43.5 Å². The fourth-order valence-corrected chi connectivity index (χ4v) is 3.55. The minimum atomic E-state index is -0.739. The highest BCUT2D eigenvalue weighted by Crippen LogP contribution is 2.36. The van der Waals surface area contributed by atoms with Crippen LogP contribution in [-0.4, -0.2) is 25.2 Å². The highest BCUT2D eigenvalue weighted by Gasteiger charge is 2.35. The molecule has 7 nitrogen and oxygen atoms in total. The molecule has 2 N–H and O–H groups in total. The number of halogens is 1. The maximum absolute atomic E-state index is 13.9. The zero-order valence-electron chi connectivity index (χ0n) is 19.4. The van der Waals surface area contributed by atoms with Gasteiger partial charge < -0.3 is 24.8 Å². The minimum Gasteiger partial charge on any atom is -0.493 e. The van der Waals surface area contributed by atoms with Crippen LogP contribution in [0.4, 0.5) is 9.18 Å². The SMILES string of the molecule is COc1cc(C2NC(=O)NC(C(C)C)=C2C(=O)OC(C)C)ccc1OCc1ccccc1F. The van der Waals surface area contributed by atoms with Crippen LogP contribution < -0.4 is 20.1 Å². The quantitative estimate of drug-likeness (QED) is 0.566. The molecule has 33 heavy (non-hydrogen) atoms. The van der Waals surface area contributed by atoms with Gasteiger partial charge in [0.1, 0.15) is 12.4 Å². The number of nitrogens with one attached hydrogen (secondary N) is 2. The van der Waals surface area contributed by atoms with Gasteiger partial charge in [0, 0.05) is 11.3 Å². The molecule has 1 aliphatic rings. The maximum Gasteiger partial charge on any atom is 0.338 e. The Morgan fingerprint density at radius 1 is 1.09 bits per heavy atom. The summed E-state index contributed by atoms with van der Waals surface area (Å²) >= 11 is 0. The molecule has 0 saturated carbocycles. The van der Waals surface area contributed by atoms with Gasteiger partial charge in [0.2, 0.25) is 0 Å². The summed E-state index contributed by atoms with van der Waals surface area (Å²) in [6.07, 6.45) is -0.319. The average molecular weight is 457 g/mol. The molecule has 0 radical (unpaired) electrons. The molecule has 0 spiro atoms. The van der Waals surface area contributed by atoms with Crippen molar-refractivity contribution < 1.29 is 28.2 Å². The van der Waals surface area contributed by atoms with Gasteiger partial charge in [-0.1, -0.05) is 38.1 Å². The number of methoxy groups -OCH3 is 1. The number of ether oxygens (including phenoxy) is 3. The van der Waals surface area contributed by atoms with Gasteiger partial charge in [0.15, 0.2) is 11.5 Å². The van der Waals surface area contributed by atoms with Crippen molar-refractivity contribution in [1.82, 2.24) is 10.6 Å². The molecule has 1 unspecified atom stereocenters. The highest BCUT2D eigenvalue weighted by molar-refractivity contribution is 5.95. The van der Waals surface area contributed by atoms with Crippen LogP contribution in [0.15, 0.2) is 53.7 Å². The number of carbonyl (C=O) groups excluding carboxylic acids is 2. The van der Waals surface area contributed by atoms with Crippen molar-refractivity contribution in [3.63, 3.8) is 0 Å². The summed E-state index contributed by atoms with van der Waals surface area (Å²) < 4.78 is 30.6. The second-order valence-corrected chi connectivity index (χ2v) is 8.26. The van der Waals surface area contributed by atoms with E-state index in [2.05, 4.69) is 10.6 Å². The minimum absolute atomic E-state index is 0.0236. The van der Waals surface area contributed by atoms with E-state index < -0.39 is 18.0 Å². The summed E-state index contributed by atoms with van der Waals surface area (Å²) in [7, 11) is 1.49. The molecule has 176 valence electrons. The van der Waals surface area contributed by atoms with E-state index in [1.807, 2.05) is 13.8 Å². The van der Waals surface area contributed by atoms with E-state index in [0.717, 1.165) is 0 Å². The monoisotopic (exact) mass is 456 g/mol. The van der Waals surface area contributed by atoms with E-state index in [0.29, 0.717) is 33.9 Å². The van der Waals surface area contributed by atoms with Gasteiger partial charge in [0.05, 0.1) is 24.8 Å². The lowest BCUT2D eigenvalue weighted by atomic mass is 9.91. The summed E-state index contributed by atoms with van der Waals surface area (Å²) in [4.78, 5) is 25.3. The average Bonchev–Trinajstić information content (AvgIpc) is 2.77. The smallest absolute Gasteiger partial charge is 0.338 e.